The maximum absolute atomic E-state index is 8.98. The van der Waals surface area contributed by atoms with Gasteiger partial charge < -0.3 is 16.4 Å². The summed E-state index contributed by atoms with van der Waals surface area (Å²) >= 11 is 0.340. The summed E-state index contributed by atoms with van der Waals surface area (Å²) in [6, 6.07) is 0. The zero-order valence-corrected chi connectivity index (χ0v) is 7.10. The van der Waals surface area contributed by atoms with E-state index in [0.717, 1.165) is 0 Å². The molecule has 0 heterocycles. The second kappa shape index (κ2) is 15.8. The molecule has 0 fully saturated rings. The average Bonchev–Trinajstić information content (AvgIpc) is 1.38. The first kappa shape index (κ1) is 24.6. The van der Waals surface area contributed by atoms with Crippen molar-refractivity contribution in [2.24, 2.45) is 0 Å². The van der Waals surface area contributed by atoms with E-state index < -0.39 is 5.09 Å². The summed E-state index contributed by atoms with van der Waals surface area (Å²) in [7, 11) is 0. The summed E-state index contributed by atoms with van der Waals surface area (Å²) < 4.78 is 3.58. The summed E-state index contributed by atoms with van der Waals surface area (Å²) in [6.07, 6.45) is 0. The number of hydrogen-bond donors (Lipinski definition) is 0. The number of nitrogens with zero attached hydrogens (tertiary/aromatic N) is 1. The molecule has 0 aromatic heterocycles. The first-order valence-electron chi connectivity index (χ1n) is 0.730. The third-order valence-electron chi connectivity index (χ3n) is 0.0667. The second-order valence-corrected chi connectivity index (χ2v) is 0.940. The molecule has 0 aromatic rings. The van der Waals surface area contributed by atoms with Crippen molar-refractivity contribution in [3.05, 3.63) is 10.1 Å². The van der Waals surface area contributed by atoms with Gasteiger partial charge in [0.1, 0.15) is 0 Å². The molecule has 0 aliphatic carbocycles. The van der Waals surface area contributed by atoms with Crippen LogP contribution in [0.2, 0.25) is 0 Å². The van der Waals surface area contributed by atoms with Crippen LogP contribution in [0.3, 0.4) is 0 Å². The van der Waals surface area contributed by atoms with Crippen molar-refractivity contribution < 1.29 is 24.4 Å². The van der Waals surface area contributed by atoms with Gasteiger partial charge >= 0.3 is 43.3 Å². The normalized spacial score (nSPS) is 4.12. The van der Waals surface area contributed by atoms with Gasteiger partial charge in [-0.3, -0.25) is 0 Å². The topological polar surface area (TPSA) is 147 Å². The van der Waals surface area contributed by atoms with E-state index in [0.29, 0.717) is 25.2 Å². The third-order valence-corrected chi connectivity index (χ3v) is 0.585. The number of rotatable bonds is 1. The van der Waals surface area contributed by atoms with Gasteiger partial charge in [-0.1, -0.05) is 0 Å². The van der Waals surface area contributed by atoms with Gasteiger partial charge in [0.25, 0.3) is 0 Å². The van der Waals surface area contributed by atoms with Gasteiger partial charge in [0.05, 0.1) is 0 Å². The molecule has 8 heteroatoms. The molecule has 0 bridgehead atoms. The first-order chi connectivity index (χ1) is 2.27. The summed E-state index contributed by atoms with van der Waals surface area (Å²) in [6.45, 7) is 0. The van der Waals surface area contributed by atoms with Crippen molar-refractivity contribution in [2.45, 2.75) is 0 Å². The van der Waals surface area contributed by atoms with Gasteiger partial charge in [-0.05, 0) is 0 Å². The van der Waals surface area contributed by atoms with Crippen LogP contribution in [0.15, 0.2) is 0 Å². The van der Waals surface area contributed by atoms with Gasteiger partial charge in [-0.2, -0.15) is 0 Å². The van der Waals surface area contributed by atoms with Crippen molar-refractivity contribution in [3.8, 4) is 0 Å². The molecule has 0 spiro atoms. The van der Waals surface area contributed by atoms with Crippen LogP contribution in [0, 0.1) is 10.1 Å². The molecule has 2 radical (unpaired) electrons. The van der Waals surface area contributed by atoms with Gasteiger partial charge in [0.2, 0.25) is 0 Å². The Balaban J connectivity index is -0.0000000267. The van der Waals surface area contributed by atoms with Gasteiger partial charge in [-0.25, -0.2) is 0 Å². The van der Waals surface area contributed by atoms with E-state index in [1.54, 1.807) is 0 Å². The van der Waals surface area contributed by atoms with E-state index in [4.69, 9.17) is 10.1 Å². The molecular formula is H6BiNO6. The van der Waals surface area contributed by atoms with Crippen molar-refractivity contribution in [1.29, 1.82) is 0 Å². The Bertz CT molecular complexity index is 43.8. The Morgan fingerprint density at radius 2 is 1.50 bits per heavy atom. The molecule has 0 saturated carbocycles. The molecule has 7 nitrogen and oxygen atoms in total. The van der Waals surface area contributed by atoms with E-state index in [1.165, 1.54) is 0 Å². The Morgan fingerprint density at radius 1 is 1.38 bits per heavy atom. The molecule has 0 aliphatic heterocycles. The van der Waals surface area contributed by atoms with Crippen LogP contribution in [0.25, 0.3) is 0 Å². The number of hydrogen-bond acceptors (Lipinski definition) is 3. The van der Waals surface area contributed by atoms with E-state index in [9.17, 15) is 0 Å². The molecule has 0 atom stereocenters. The fraction of sp³-hybridized carbons (Fsp3) is 0. The van der Waals surface area contributed by atoms with Crippen LogP contribution < -0.4 is 0 Å². The maximum atomic E-state index is 8.98. The fourth-order valence-electron chi connectivity index (χ4n) is 0. The second-order valence-electron chi connectivity index (χ2n) is 0.305. The van der Waals surface area contributed by atoms with E-state index in [1.807, 2.05) is 0 Å². The zero-order valence-electron chi connectivity index (χ0n) is 3.62. The van der Waals surface area contributed by atoms with E-state index >= 15 is 0 Å². The molecule has 0 saturated heterocycles. The summed E-state index contributed by atoms with van der Waals surface area (Å²) in [5.41, 5.74) is 0. The van der Waals surface area contributed by atoms with Crippen LogP contribution in [0.1, 0.15) is 0 Å². The van der Waals surface area contributed by atoms with Crippen LogP contribution in [-0.2, 0) is 2.91 Å². The Morgan fingerprint density at radius 3 is 1.50 bits per heavy atom. The van der Waals surface area contributed by atoms with Crippen molar-refractivity contribution in [2.75, 3.05) is 0 Å². The third kappa shape index (κ3) is 38.1. The monoisotopic (exact) mass is 325 g/mol. The van der Waals surface area contributed by atoms with E-state index in [2.05, 4.69) is 2.91 Å². The molecule has 8 heavy (non-hydrogen) atoms. The molecule has 0 rings (SSSR count). The quantitative estimate of drug-likeness (QED) is 0.284. The molecule has 0 amide bonds. The summed E-state index contributed by atoms with van der Waals surface area (Å²) in [5.74, 6) is 0. The minimum absolute atomic E-state index is 0. The Hall–Kier alpha value is -0.0369. The molecule has 52 valence electrons. The van der Waals surface area contributed by atoms with Crippen LogP contribution in [0.4, 0.5) is 0 Å². The van der Waals surface area contributed by atoms with Crippen LogP contribution in [0.5, 0.6) is 0 Å². The van der Waals surface area contributed by atoms with Crippen molar-refractivity contribution >= 4 is 25.2 Å². The van der Waals surface area contributed by atoms with Crippen LogP contribution in [-0.4, -0.2) is 46.7 Å². The minimum atomic E-state index is -0.826. The van der Waals surface area contributed by atoms with Gasteiger partial charge in [-0.15, -0.1) is 0 Å². The van der Waals surface area contributed by atoms with Crippen molar-refractivity contribution in [3.63, 3.8) is 0 Å². The van der Waals surface area contributed by atoms with E-state index in [-0.39, 0.29) is 16.4 Å². The zero-order chi connectivity index (χ0) is 4.28. The van der Waals surface area contributed by atoms with Gasteiger partial charge in [0.15, 0.2) is 0 Å². The van der Waals surface area contributed by atoms with Crippen LogP contribution >= 0.6 is 0 Å². The first-order valence-corrected chi connectivity index (χ1v) is 2.15. The predicted molar refractivity (Wildman–Crippen MR) is 24.7 cm³/mol. The SMILES string of the molecule is O.O.O.O=[N+]([O-])[O][Bi]. The molecular weight excluding hydrogens is 319 g/mol. The molecule has 6 N–H and O–H groups in total. The predicted octanol–water partition coefficient (Wildman–Crippen LogP) is -3.20. The summed E-state index contributed by atoms with van der Waals surface area (Å²) in [5, 5.41) is 8.15. The average molecular weight is 325 g/mol. The Labute approximate surface area is 60.1 Å². The molecule has 0 aliphatic rings. The van der Waals surface area contributed by atoms with Gasteiger partial charge in [0, 0.05) is 0 Å². The standard InChI is InChI=1S/Bi.NO3.3H2O/c;2-1(3)4;;;/h;;3*1H2/q+1;-1;;;. The molecule has 0 unspecified atom stereocenters. The summed E-state index contributed by atoms with van der Waals surface area (Å²) in [4.78, 5) is 8.98. The molecule has 0 aromatic carbocycles. The fourth-order valence-corrected chi connectivity index (χ4v) is 0. The van der Waals surface area contributed by atoms with Crippen molar-refractivity contribution in [1.82, 2.24) is 0 Å². The Kier molecular flexibility index (Phi) is 48.4.